The molecule has 7 nitrogen and oxygen atoms in total. The Morgan fingerprint density at radius 3 is 2.44 bits per heavy atom. The largest absolute Gasteiger partial charge is 0.481 e. The number of fused-ring (bicyclic) bond motifs is 1. The van der Waals surface area contributed by atoms with Gasteiger partial charge in [-0.05, 0) is 23.3 Å². The van der Waals surface area contributed by atoms with E-state index in [2.05, 4.69) is 10.6 Å². The molecule has 2 aromatic rings. The number of carboxylic acid groups (broad SMARTS) is 1. The average Bonchev–Trinajstić information content (AvgIpc) is 2.65. The molecule has 0 spiro atoms. The molecule has 0 aliphatic heterocycles. The van der Waals surface area contributed by atoms with Gasteiger partial charge in [0.2, 0.25) is 11.8 Å². The molecule has 2 unspecified atom stereocenters. The van der Waals surface area contributed by atoms with Crippen LogP contribution in [-0.4, -0.2) is 35.0 Å². The highest BCUT2D eigenvalue weighted by Crippen LogP contribution is 2.17. The van der Waals surface area contributed by atoms with E-state index in [1.807, 2.05) is 48.5 Å². The van der Waals surface area contributed by atoms with Crippen molar-refractivity contribution >= 4 is 28.6 Å². The molecule has 0 heterocycles. The fourth-order valence-electron chi connectivity index (χ4n) is 2.64. The van der Waals surface area contributed by atoms with Crippen LogP contribution in [0.1, 0.15) is 25.3 Å². The number of hydrogen-bond acceptors (Lipinski definition) is 4. The van der Waals surface area contributed by atoms with Crippen molar-refractivity contribution in [3.05, 3.63) is 48.0 Å². The average molecular weight is 367 g/mol. The van der Waals surface area contributed by atoms with Crippen molar-refractivity contribution in [3.63, 3.8) is 0 Å². The van der Waals surface area contributed by atoms with Gasteiger partial charge >= 0.3 is 5.97 Å². The zero-order valence-corrected chi connectivity index (χ0v) is 14.9. The molecule has 7 heteroatoms. The van der Waals surface area contributed by atoms with Crippen molar-refractivity contribution in [1.82, 2.24) is 10.6 Å². The Bertz CT molecular complexity index is 888. The second kappa shape index (κ2) is 9.34. The highest BCUT2D eigenvalue weighted by Gasteiger charge is 2.23. The van der Waals surface area contributed by atoms with Crippen LogP contribution in [0.4, 0.5) is 0 Å². The molecule has 0 fully saturated rings. The minimum Gasteiger partial charge on any atom is -0.481 e. The lowest BCUT2D eigenvalue weighted by Crippen LogP contribution is -2.50. The zero-order chi connectivity index (χ0) is 19.8. The van der Waals surface area contributed by atoms with Crippen LogP contribution in [-0.2, 0) is 20.8 Å². The Morgan fingerprint density at radius 2 is 1.78 bits per heavy atom. The summed E-state index contributed by atoms with van der Waals surface area (Å²) in [5, 5.41) is 24.8. The SMILES string of the molecule is CC(C#N)NC(=O)C(Cc1ccc2ccccc2c1)NC(=O)CCC(=O)O. The molecule has 3 N–H and O–H groups in total. The summed E-state index contributed by atoms with van der Waals surface area (Å²) in [5.41, 5.74) is 0.844. The van der Waals surface area contributed by atoms with E-state index in [1.54, 1.807) is 0 Å². The number of nitriles is 1. The number of carbonyl (C=O) groups is 3. The van der Waals surface area contributed by atoms with Gasteiger partial charge in [0.05, 0.1) is 12.5 Å². The number of aliphatic carboxylic acids is 1. The highest BCUT2D eigenvalue weighted by molar-refractivity contribution is 5.89. The molecule has 140 valence electrons. The van der Waals surface area contributed by atoms with E-state index in [-0.39, 0.29) is 19.3 Å². The summed E-state index contributed by atoms with van der Waals surface area (Å²) in [6.45, 7) is 1.54. The highest BCUT2D eigenvalue weighted by atomic mass is 16.4. The summed E-state index contributed by atoms with van der Waals surface area (Å²) < 4.78 is 0. The van der Waals surface area contributed by atoms with Crippen LogP contribution in [0.15, 0.2) is 42.5 Å². The Balaban J connectivity index is 2.16. The van der Waals surface area contributed by atoms with Crippen LogP contribution < -0.4 is 10.6 Å². The first kappa shape index (κ1) is 19.9. The van der Waals surface area contributed by atoms with Gasteiger partial charge in [0.1, 0.15) is 12.1 Å². The first-order chi connectivity index (χ1) is 12.9. The van der Waals surface area contributed by atoms with Gasteiger partial charge in [-0.3, -0.25) is 14.4 Å². The van der Waals surface area contributed by atoms with Gasteiger partial charge in [0.25, 0.3) is 0 Å². The number of rotatable bonds is 8. The van der Waals surface area contributed by atoms with Gasteiger partial charge in [-0.25, -0.2) is 0 Å². The summed E-state index contributed by atoms with van der Waals surface area (Å²) in [6.07, 6.45) is -0.303. The molecule has 0 aliphatic carbocycles. The Hall–Kier alpha value is -3.40. The first-order valence-electron chi connectivity index (χ1n) is 8.58. The summed E-state index contributed by atoms with van der Waals surface area (Å²) in [6, 6.07) is 13.8. The topological polar surface area (TPSA) is 119 Å². The summed E-state index contributed by atoms with van der Waals surface area (Å²) in [5.74, 6) is -2.09. The molecule has 2 atom stereocenters. The number of benzene rings is 2. The predicted molar refractivity (Wildman–Crippen MR) is 99.7 cm³/mol. The van der Waals surface area contributed by atoms with E-state index in [0.29, 0.717) is 0 Å². The van der Waals surface area contributed by atoms with Crippen molar-refractivity contribution in [2.45, 2.75) is 38.3 Å². The molecule has 2 aromatic carbocycles. The third kappa shape index (κ3) is 6.12. The standard InChI is InChI=1S/C20H21N3O4/c1-13(12-21)22-20(27)17(23-18(24)8-9-19(25)26)11-14-6-7-15-4-2-3-5-16(15)10-14/h2-7,10,13,17H,8-9,11H2,1H3,(H,22,27)(H,23,24)(H,25,26). The second-order valence-electron chi connectivity index (χ2n) is 6.26. The van der Waals surface area contributed by atoms with Crippen molar-refractivity contribution in [3.8, 4) is 6.07 Å². The number of nitrogens with zero attached hydrogens (tertiary/aromatic N) is 1. The Labute approximate surface area is 157 Å². The maximum absolute atomic E-state index is 12.5. The molecular formula is C20H21N3O4. The summed E-state index contributed by atoms with van der Waals surface area (Å²) in [7, 11) is 0. The molecule has 2 amide bonds. The monoisotopic (exact) mass is 367 g/mol. The smallest absolute Gasteiger partial charge is 0.303 e. The van der Waals surface area contributed by atoms with E-state index >= 15 is 0 Å². The molecule has 0 aliphatic rings. The van der Waals surface area contributed by atoms with Gasteiger partial charge in [0.15, 0.2) is 0 Å². The van der Waals surface area contributed by atoms with Gasteiger partial charge in [-0.1, -0.05) is 42.5 Å². The zero-order valence-electron chi connectivity index (χ0n) is 14.9. The van der Waals surface area contributed by atoms with Crippen LogP contribution in [0.5, 0.6) is 0 Å². The van der Waals surface area contributed by atoms with Crippen LogP contribution in [0.2, 0.25) is 0 Å². The maximum Gasteiger partial charge on any atom is 0.303 e. The molecule has 27 heavy (non-hydrogen) atoms. The fourth-order valence-corrected chi connectivity index (χ4v) is 2.64. The van der Waals surface area contributed by atoms with Gasteiger partial charge in [0, 0.05) is 12.8 Å². The molecule has 0 saturated heterocycles. The molecule has 0 saturated carbocycles. The fraction of sp³-hybridized carbons (Fsp3) is 0.300. The Kier molecular flexibility index (Phi) is 6.89. The van der Waals surface area contributed by atoms with Crippen LogP contribution in [0.3, 0.4) is 0 Å². The summed E-state index contributed by atoms with van der Waals surface area (Å²) in [4.78, 5) is 35.1. The maximum atomic E-state index is 12.5. The first-order valence-corrected chi connectivity index (χ1v) is 8.58. The van der Waals surface area contributed by atoms with Crippen LogP contribution in [0.25, 0.3) is 10.8 Å². The quantitative estimate of drug-likeness (QED) is 0.657. The van der Waals surface area contributed by atoms with Crippen LogP contribution >= 0.6 is 0 Å². The Morgan fingerprint density at radius 1 is 1.07 bits per heavy atom. The van der Waals surface area contributed by atoms with Crippen molar-refractivity contribution in [2.75, 3.05) is 0 Å². The van der Waals surface area contributed by atoms with E-state index < -0.39 is 29.9 Å². The third-order valence-electron chi connectivity index (χ3n) is 4.02. The lowest BCUT2D eigenvalue weighted by atomic mass is 10.0. The molecular weight excluding hydrogens is 346 g/mol. The number of carbonyl (C=O) groups excluding carboxylic acids is 2. The van der Waals surface area contributed by atoms with E-state index in [9.17, 15) is 14.4 Å². The number of carboxylic acids is 1. The van der Waals surface area contributed by atoms with Crippen molar-refractivity contribution < 1.29 is 19.5 Å². The lowest BCUT2D eigenvalue weighted by Gasteiger charge is -2.19. The van der Waals surface area contributed by atoms with E-state index in [4.69, 9.17) is 10.4 Å². The number of hydrogen-bond donors (Lipinski definition) is 3. The van der Waals surface area contributed by atoms with Gasteiger partial charge in [-0.15, -0.1) is 0 Å². The van der Waals surface area contributed by atoms with Crippen molar-refractivity contribution in [1.29, 1.82) is 5.26 Å². The van der Waals surface area contributed by atoms with Gasteiger partial charge < -0.3 is 15.7 Å². The number of amides is 2. The molecule has 0 radical (unpaired) electrons. The van der Waals surface area contributed by atoms with E-state index in [0.717, 1.165) is 16.3 Å². The molecule has 2 rings (SSSR count). The second-order valence-corrected chi connectivity index (χ2v) is 6.26. The van der Waals surface area contributed by atoms with E-state index in [1.165, 1.54) is 6.92 Å². The summed E-state index contributed by atoms with van der Waals surface area (Å²) >= 11 is 0. The lowest BCUT2D eigenvalue weighted by molar-refractivity contribution is -0.139. The minimum absolute atomic E-state index is 0.218. The number of nitrogens with one attached hydrogen (secondary N) is 2. The van der Waals surface area contributed by atoms with Crippen LogP contribution in [0, 0.1) is 11.3 Å². The van der Waals surface area contributed by atoms with Gasteiger partial charge in [-0.2, -0.15) is 5.26 Å². The normalized spacial score (nSPS) is 12.6. The molecule has 0 bridgehead atoms. The molecule has 0 aromatic heterocycles. The third-order valence-corrected chi connectivity index (χ3v) is 4.02. The predicted octanol–water partition coefficient (Wildman–Crippen LogP) is 1.76. The van der Waals surface area contributed by atoms with Crippen molar-refractivity contribution in [2.24, 2.45) is 0 Å². The minimum atomic E-state index is -1.08.